The van der Waals surface area contributed by atoms with E-state index in [4.69, 9.17) is 18.9 Å². The summed E-state index contributed by atoms with van der Waals surface area (Å²) in [5.74, 6) is 3.01. The molecule has 0 spiro atoms. The van der Waals surface area contributed by atoms with Crippen molar-refractivity contribution in [3.63, 3.8) is 0 Å². The van der Waals surface area contributed by atoms with E-state index in [9.17, 15) is 0 Å². The first-order valence-electron chi connectivity index (χ1n) is 11.3. The van der Waals surface area contributed by atoms with E-state index in [2.05, 4.69) is 33.4 Å². The van der Waals surface area contributed by atoms with Gasteiger partial charge in [0.05, 0.1) is 11.6 Å². The first kappa shape index (κ1) is 25.0. The van der Waals surface area contributed by atoms with E-state index < -0.39 is 0 Å². The summed E-state index contributed by atoms with van der Waals surface area (Å²) in [6, 6.07) is 10.7. The Morgan fingerprint density at radius 1 is 0.938 bits per heavy atom. The molecule has 4 rings (SSSR count). The van der Waals surface area contributed by atoms with Gasteiger partial charge in [0, 0.05) is 12.6 Å². The molecule has 1 fully saturated rings. The molecule has 1 aliphatic heterocycles. The standard InChI is InChI=1S/C25H32BrNO4.ClH/c1-28-24-15-19(16-27-20-7-5-3-2-4-6-8-20)13-21(26)25(24)31-17-18-9-10-22-23(14-18)30-12-11-29-22;/h9-10,13-15,20,27H,2-8,11-12,16-17H2,1H3;1H. The maximum absolute atomic E-state index is 6.13. The third-order valence-electron chi connectivity index (χ3n) is 5.98. The molecule has 2 aromatic carbocycles. The molecule has 1 saturated carbocycles. The molecule has 7 heteroatoms. The molecule has 2 aromatic rings. The quantitative estimate of drug-likeness (QED) is 0.450. The lowest BCUT2D eigenvalue weighted by Gasteiger charge is -2.22. The van der Waals surface area contributed by atoms with Crippen LogP contribution in [0.25, 0.3) is 0 Å². The summed E-state index contributed by atoms with van der Waals surface area (Å²) in [4.78, 5) is 0. The van der Waals surface area contributed by atoms with Gasteiger partial charge in [0.1, 0.15) is 19.8 Å². The molecule has 1 heterocycles. The van der Waals surface area contributed by atoms with Crippen LogP contribution in [-0.2, 0) is 13.2 Å². The molecule has 176 valence electrons. The van der Waals surface area contributed by atoms with Crippen LogP contribution in [0.2, 0.25) is 0 Å². The van der Waals surface area contributed by atoms with Crippen molar-refractivity contribution >= 4 is 28.3 Å². The summed E-state index contributed by atoms with van der Waals surface area (Å²) < 4.78 is 23.9. The van der Waals surface area contributed by atoms with Gasteiger partial charge in [-0.1, -0.05) is 38.2 Å². The fourth-order valence-corrected chi connectivity index (χ4v) is 4.87. The molecule has 5 nitrogen and oxygen atoms in total. The smallest absolute Gasteiger partial charge is 0.175 e. The minimum absolute atomic E-state index is 0. The predicted molar refractivity (Wildman–Crippen MR) is 133 cm³/mol. The molecule has 2 aliphatic rings. The highest BCUT2D eigenvalue weighted by Gasteiger charge is 2.16. The Morgan fingerprint density at radius 3 is 2.41 bits per heavy atom. The molecule has 0 unspecified atom stereocenters. The van der Waals surface area contributed by atoms with Crippen molar-refractivity contribution in [1.29, 1.82) is 0 Å². The highest BCUT2D eigenvalue weighted by Crippen LogP contribution is 2.38. The Balaban J connectivity index is 0.00000289. The summed E-state index contributed by atoms with van der Waals surface area (Å²) in [5.41, 5.74) is 2.21. The van der Waals surface area contributed by atoms with Crippen LogP contribution in [0.5, 0.6) is 23.0 Å². The van der Waals surface area contributed by atoms with E-state index >= 15 is 0 Å². The van der Waals surface area contributed by atoms with Crippen LogP contribution in [-0.4, -0.2) is 26.4 Å². The Kier molecular flexibility index (Phi) is 9.82. The number of hydrogen-bond acceptors (Lipinski definition) is 5. The lowest BCUT2D eigenvalue weighted by Crippen LogP contribution is -2.29. The summed E-state index contributed by atoms with van der Waals surface area (Å²) in [7, 11) is 1.69. The third-order valence-corrected chi connectivity index (χ3v) is 6.57. The molecule has 0 atom stereocenters. The van der Waals surface area contributed by atoms with Crippen LogP contribution in [0.15, 0.2) is 34.8 Å². The fourth-order valence-electron chi connectivity index (χ4n) is 4.27. The molecule has 1 N–H and O–H groups in total. The lowest BCUT2D eigenvalue weighted by atomic mass is 9.96. The topological polar surface area (TPSA) is 49.0 Å². The first-order valence-corrected chi connectivity index (χ1v) is 12.1. The van der Waals surface area contributed by atoms with Gasteiger partial charge in [-0.05, 0) is 64.2 Å². The van der Waals surface area contributed by atoms with E-state index in [0.29, 0.717) is 31.6 Å². The molecule has 0 bridgehead atoms. The van der Waals surface area contributed by atoms with Gasteiger partial charge in [-0.2, -0.15) is 0 Å². The Labute approximate surface area is 205 Å². The van der Waals surface area contributed by atoms with Crippen molar-refractivity contribution in [3.05, 3.63) is 45.9 Å². The maximum Gasteiger partial charge on any atom is 0.175 e. The molecule has 0 radical (unpaired) electrons. The summed E-state index contributed by atoms with van der Waals surface area (Å²) in [6.07, 6.45) is 9.34. The minimum Gasteiger partial charge on any atom is -0.493 e. The number of fused-ring (bicyclic) bond motifs is 1. The van der Waals surface area contributed by atoms with Crippen LogP contribution in [0, 0.1) is 0 Å². The van der Waals surface area contributed by atoms with Gasteiger partial charge >= 0.3 is 0 Å². The zero-order valence-electron chi connectivity index (χ0n) is 18.7. The second-order valence-corrected chi connectivity index (χ2v) is 9.15. The van der Waals surface area contributed by atoms with Crippen LogP contribution in [0.4, 0.5) is 0 Å². The van der Waals surface area contributed by atoms with E-state index in [-0.39, 0.29) is 12.4 Å². The number of nitrogens with one attached hydrogen (secondary N) is 1. The zero-order chi connectivity index (χ0) is 21.5. The average molecular weight is 527 g/mol. The number of methoxy groups -OCH3 is 1. The van der Waals surface area contributed by atoms with Crippen molar-refractivity contribution in [2.75, 3.05) is 20.3 Å². The Bertz CT molecular complexity index is 871. The van der Waals surface area contributed by atoms with Crippen molar-refractivity contribution in [1.82, 2.24) is 5.32 Å². The first-order chi connectivity index (χ1) is 15.2. The van der Waals surface area contributed by atoms with Gasteiger partial charge in [-0.3, -0.25) is 0 Å². The van der Waals surface area contributed by atoms with Crippen molar-refractivity contribution in [2.45, 2.75) is 64.1 Å². The van der Waals surface area contributed by atoms with Gasteiger partial charge < -0.3 is 24.3 Å². The summed E-state index contributed by atoms with van der Waals surface area (Å²) >= 11 is 3.68. The van der Waals surface area contributed by atoms with Gasteiger partial charge in [0.2, 0.25) is 0 Å². The van der Waals surface area contributed by atoms with E-state index in [1.165, 1.54) is 50.5 Å². The van der Waals surface area contributed by atoms with E-state index in [1.807, 2.05) is 18.2 Å². The van der Waals surface area contributed by atoms with Gasteiger partial charge in [0.15, 0.2) is 23.0 Å². The molecule has 32 heavy (non-hydrogen) atoms. The second kappa shape index (κ2) is 12.6. The number of halogens is 2. The second-order valence-electron chi connectivity index (χ2n) is 8.30. The molecule has 0 aromatic heterocycles. The largest absolute Gasteiger partial charge is 0.493 e. The monoisotopic (exact) mass is 525 g/mol. The molecular formula is C25H33BrClNO4. The maximum atomic E-state index is 6.13. The summed E-state index contributed by atoms with van der Waals surface area (Å²) in [5, 5.41) is 3.75. The highest BCUT2D eigenvalue weighted by atomic mass is 79.9. The highest BCUT2D eigenvalue weighted by molar-refractivity contribution is 9.10. The number of rotatable bonds is 7. The SMILES string of the molecule is COc1cc(CNC2CCCCCCC2)cc(Br)c1OCc1ccc2c(c1)OCCO2.Cl. The normalized spacial score (nSPS) is 16.4. The molecule has 1 aliphatic carbocycles. The predicted octanol–water partition coefficient (Wildman–Crippen LogP) is 6.43. The number of benzene rings is 2. The molecule has 0 saturated heterocycles. The van der Waals surface area contributed by atoms with Gasteiger partial charge in [0.25, 0.3) is 0 Å². The zero-order valence-corrected chi connectivity index (χ0v) is 21.1. The van der Waals surface area contributed by atoms with Crippen molar-refractivity contribution in [2.24, 2.45) is 0 Å². The Morgan fingerprint density at radius 2 is 1.66 bits per heavy atom. The van der Waals surface area contributed by atoms with Crippen LogP contribution in [0.1, 0.15) is 56.1 Å². The fraction of sp³-hybridized carbons (Fsp3) is 0.520. The number of hydrogen-bond donors (Lipinski definition) is 1. The van der Waals surface area contributed by atoms with Gasteiger partial charge in [-0.15, -0.1) is 12.4 Å². The molecule has 0 amide bonds. The Hall–Kier alpha value is -1.63. The number of ether oxygens (including phenoxy) is 4. The molecular weight excluding hydrogens is 494 g/mol. The van der Waals surface area contributed by atoms with Crippen molar-refractivity contribution in [3.8, 4) is 23.0 Å². The van der Waals surface area contributed by atoms with Gasteiger partial charge in [-0.25, -0.2) is 0 Å². The lowest BCUT2D eigenvalue weighted by molar-refractivity contribution is 0.171. The van der Waals surface area contributed by atoms with Crippen LogP contribution < -0.4 is 24.3 Å². The minimum atomic E-state index is 0. The van der Waals surface area contributed by atoms with Crippen molar-refractivity contribution < 1.29 is 18.9 Å². The summed E-state index contributed by atoms with van der Waals surface area (Å²) in [6.45, 7) is 2.43. The average Bonchev–Trinajstić information content (AvgIpc) is 2.77. The van der Waals surface area contributed by atoms with E-state index in [0.717, 1.165) is 33.8 Å². The van der Waals surface area contributed by atoms with Crippen LogP contribution in [0.3, 0.4) is 0 Å². The van der Waals surface area contributed by atoms with E-state index in [1.54, 1.807) is 7.11 Å². The van der Waals surface area contributed by atoms with Crippen LogP contribution >= 0.6 is 28.3 Å². The third kappa shape index (κ3) is 6.69.